The van der Waals surface area contributed by atoms with Gasteiger partial charge < -0.3 is 20.2 Å². The summed E-state index contributed by atoms with van der Waals surface area (Å²) < 4.78 is 0. The number of hydrogen-bond acceptors (Lipinski definition) is 6. The summed E-state index contributed by atoms with van der Waals surface area (Å²) in [5.41, 5.74) is 6.91. The Morgan fingerprint density at radius 3 is 2.88 bits per heavy atom. The third kappa shape index (κ3) is 3.60. The fraction of sp³-hybridized carbons (Fsp3) is 0.346. The number of hydrogen-bond donors (Lipinski definition) is 2. The van der Waals surface area contributed by atoms with E-state index in [1.807, 2.05) is 29.2 Å². The van der Waals surface area contributed by atoms with Crippen molar-refractivity contribution in [2.75, 3.05) is 30.4 Å². The lowest BCUT2D eigenvalue weighted by Gasteiger charge is -2.37. The van der Waals surface area contributed by atoms with Crippen LogP contribution in [0, 0.1) is 0 Å². The number of carboxylic acid groups (broad SMARTS) is 1. The number of para-hydroxylation sites is 1. The van der Waals surface area contributed by atoms with Crippen molar-refractivity contribution in [2.45, 2.75) is 37.6 Å². The summed E-state index contributed by atoms with van der Waals surface area (Å²) in [4.78, 5) is 25.3. The molecule has 8 heteroatoms. The summed E-state index contributed by atoms with van der Waals surface area (Å²) in [5.74, 6) is 0.0956. The lowest BCUT2D eigenvalue weighted by atomic mass is 9.77. The van der Waals surface area contributed by atoms with Gasteiger partial charge in [0.2, 0.25) is 5.95 Å². The molecule has 0 bridgehead atoms. The molecule has 3 aliphatic rings. The summed E-state index contributed by atoms with van der Waals surface area (Å²) in [7, 11) is 2.18. The molecule has 0 saturated carbocycles. The first-order valence-corrected chi connectivity index (χ1v) is 12.1. The van der Waals surface area contributed by atoms with Gasteiger partial charge in [-0.2, -0.15) is 4.98 Å². The van der Waals surface area contributed by atoms with Gasteiger partial charge in [0, 0.05) is 31.0 Å². The second-order valence-electron chi connectivity index (χ2n) is 9.54. The molecule has 0 fully saturated rings. The molecule has 1 aliphatic carbocycles. The average molecular weight is 476 g/mol. The van der Waals surface area contributed by atoms with Gasteiger partial charge in [0.1, 0.15) is 10.9 Å². The number of nitrogens with zero attached hydrogens (tertiary/aromatic N) is 4. The molecule has 6 rings (SSSR count). The van der Waals surface area contributed by atoms with E-state index < -0.39 is 11.9 Å². The predicted octanol–water partition coefficient (Wildman–Crippen LogP) is 5.06. The number of anilines is 4. The van der Waals surface area contributed by atoms with Gasteiger partial charge in [0.05, 0.1) is 6.20 Å². The van der Waals surface area contributed by atoms with Crippen molar-refractivity contribution in [3.05, 3.63) is 69.9 Å². The molecule has 0 saturated heterocycles. The summed E-state index contributed by atoms with van der Waals surface area (Å²) >= 11 is 6.51. The number of aryl methyl sites for hydroxylation is 1. The standard InChI is InChI=1S/C26H26ClN5O2/c1-31-12-16-6-4-5-15-9-18(10-17(13-31)23(15)16)29-26-28-11-21(27)24(30-26)32-14-20(25(33)34)19-7-2-3-8-22(19)32/h2-3,7-11,16,20H,4-6,12-14H2,1H3,(H,33,34)(H,28,29,30). The van der Waals surface area contributed by atoms with Gasteiger partial charge in [0.15, 0.2) is 5.82 Å². The van der Waals surface area contributed by atoms with Crippen molar-refractivity contribution in [3.8, 4) is 0 Å². The molecule has 2 unspecified atom stereocenters. The Labute approximate surface area is 203 Å². The van der Waals surface area contributed by atoms with Crippen LogP contribution in [0.15, 0.2) is 42.6 Å². The van der Waals surface area contributed by atoms with Crippen molar-refractivity contribution in [1.29, 1.82) is 0 Å². The fourth-order valence-corrected chi connectivity index (χ4v) is 6.06. The molecule has 3 aromatic rings. The van der Waals surface area contributed by atoms with E-state index >= 15 is 0 Å². The van der Waals surface area contributed by atoms with Crippen molar-refractivity contribution in [2.24, 2.45) is 0 Å². The lowest BCUT2D eigenvalue weighted by Crippen LogP contribution is -2.33. The van der Waals surface area contributed by atoms with Gasteiger partial charge in [-0.3, -0.25) is 4.79 Å². The lowest BCUT2D eigenvalue weighted by molar-refractivity contribution is -0.138. The highest BCUT2D eigenvalue weighted by Crippen LogP contribution is 2.43. The van der Waals surface area contributed by atoms with E-state index in [9.17, 15) is 9.90 Å². The third-order valence-corrected chi connectivity index (χ3v) is 7.50. The van der Waals surface area contributed by atoms with Crippen LogP contribution in [0.3, 0.4) is 0 Å². The molecular weight excluding hydrogens is 450 g/mol. The van der Waals surface area contributed by atoms with Crippen LogP contribution in [0.1, 0.15) is 46.9 Å². The van der Waals surface area contributed by atoms with Crippen molar-refractivity contribution in [3.63, 3.8) is 0 Å². The van der Waals surface area contributed by atoms with E-state index in [0.717, 1.165) is 36.4 Å². The number of halogens is 1. The zero-order valence-electron chi connectivity index (χ0n) is 19.0. The van der Waals surface area contributed by atoms with Crippen LogP contribution in [-0.2, 0) is 17.8 Å². The van der Waals surface area contributed by atoms with Gasteiger partial charge in [0.25, 0.3) is 0 Å². The molecule has 174 valence electrons. The molecule has 2 aromatic carbocycles. The number of carboxylic acids is 1. The van der Waals surface area contributed by atoms with Crippen molar-refractivity contribution < 1.29 is 9.90 Å². The zero-order valence-corrected chi connectivity index (χ0v) is 19.7. The number of rotatable bonds is 4. The number of aliphatic carboxylic acids is 1. The molecule has 2 aliphatic heterocycles. The van der Waals surface area contributed by atoms with Gasteiger partial charge in [-0.1, -0.05) is 29.8 Å². The van der Waals surface area contributed by atoms with Gasteiger partial charge in [-0.05, 0) is 72.7 Å². The second-order valence-corrected chi connectivity index (χ2v) is 9.95. The van der Waals surface area contributed by atoms with Gasteiger partial charge >= 0.3 is 5.97 Å². The quantitative estimate of drug-likeness (QED) is 0.545. The third-order valence-electron chi connectivity index (χ3n) is 7.23. The Morgan fingerprint density at radius 1 is 1.21 bits per heavy atom. The summed E-state index contributed by atoms with van der Waals surface area (Å²) in [6.07, 6.45) is 5.16. The average Bonchev–Trinajstić information content (AvgIpc) is 3.20. The van der Waals surface area contributed by atoms with E-state index in [0.29, 0.717) is 22.7 Å². The molecule has 2 atom stereocenters. The molecule has 0 radical (unpaired) electrons. The maximum Gasteiger partial charge on any atom is 0.312 e. The molecular formula is C26H26ClN5O2. The number of likely N-dealkylation sites (N-methyl/N-ethyl adjacent to an activating group) is 1. The normalized spacial score (nSPS) is 21.2. The maximum atomic E-state index is 11.9. The van der Waals surface area contributed by atoms with E-state index in [-0.39, 0.29) is 6.54 Å². The predicted molar refractivity (Wildman–Crippen MR) is 133 cm³/mol. The van der Waals surface area contributed by atoms with Crippen molar-refractivity contribution >= 4 is 40.7 Å². The number of nitrogens with one attached hydrogen (secondary N) is 1. The van der Waals surface area contributed by atoms with Crippen LogP contribution in [-0.4, -0.2) is 46.1 Å². The van der Waals surface area contributed by atoms with E-state index in [2.05, 4.69) is 34.4 Å². The second kappa shape index (κ2) is 8.25. The maximum absolute atomic E-state index is 11.9. The monoisotopic (exact) mass is 475 g/mol. The Kier molecular flexibility index (Phi) is 5.19. The minimum Gasteiger partial charge on any atom is -0.481 e. The minimum absolute atomic E-state index is 0.279. The molecule has 7 nitrogen and oxygen atoms in total. The molecule has 1 aromatic heterocycles. The highest BCUT2D eigenvalue weighted by Gasteiger charge is 2.35. The SMILES string of the molecule is CN1Cc2cc(Nc3ncc(Cl)c(N4CC(C(=O)O)c5ccccc54)n3)cc3c2C(CCC3)C1. The van der Waals surface area contributed by atoms with Crippen LogP contribution in [0.25, 0.3) is 0 Å². The summed E-state index contributed by atoms with van der Waals surface area (Å²) in [5, 5.41) is 13.5. The van der Waals surface area contributed by atoms with Crippen LogP contribution >= 0.6 is 11.6 Å². The van der Waals surface area contributed by atoms with Gasteiger partial charge in [-0.25, -0.2) is 4.98 Å². The number of aromatic nitrogens is 2. The summed E-state index contributed by atoms with van der Waals surface area (Å²) in [6, 6.07) is 12.0. The van der Waals surface area contributed by atoms with E-state index in [1.54, 1.807) is 11.8 Å². The Hall–Kier alpha value is -3.16. The van der Waals surface area contributed by atoms with E-state index in [1.165, 1.54) is 24.0 Å². The molecule has 3 heterocycles. The van der Waals surface area contributed by atoms with Crippen LogP contribution in [0.5, 0.6) is 0 Å². The molecule has 0 amide bonds. The summed E-state index contributed by atoms with van der Waals surface area (Å²) in [6.45, 7) is 2.36. The minimum atomic E-state index is -0.857. The Bertz CT molecular complexity index is 1300. The number of benzene rings is 2. The fourth-order valence-electron chi connectivity index (χ4n) is 5.87. The first-order valence-electron chi connectivity index (χ1n) is 11.7. The Morgan fingerprint density at radius 2 is 2.03 bits per heavy atom. The zero-order chi connectivity index (χ0) is 23.4. The Balaban J connectivity index is 1.34. The van der Waals surface area contributed by atoms with E-state index in [4.69, 9.17) is 16.6 Å². The first kappa shape index (κ1) is 21.4. The van der Waals surface area contributed by atoms with Crippen LogP contribution < -0.4 is 10.2 Å². The number of fused-ring (bicyclic) bond motifs is 1. The van der Waals surface area contributed by atoms with Crippen LogP contribution in [0.2, 0.25) is 5.02 Å². The van der Waals surface area contributed by atoms with Crippen LogP contribution in [0.4, 0.5) is 23.1 Å². The van der Waals surface area contributed by atoms with Crippen molar-refractivity contribution in [1.82, 2.24) is 14.9 Å². The topological polar surface area (TPSA) is 81.6 Å². The molecule has 34 heavy (non-hydrogen) atoms. The van der Waals surface area contributed by atoms with Gasteiger partial charge in [-0.15, -0.1) is 0 Å². The first-order chi connectivity index (χ1) is 16.5. The number of carbonyl (C=O) groups is 1. The highest BCUT2D eigenvalue weighted by molar-refractivity contribution is 6.33. The largest absolute Gasteiger partial charge is 0.481 e. The highest BCUT2D eigenvalue weighted by atomic mass is 35.5. The molecule has 2 N–H and O–H groups in total. The smallest absolute Gasteiger partial charge is 0.312 e. The molecule has 0 spiro atoms.